The first kappa shape index (κ1) is 11.2. The van der Waals surface area contributed by atoms with Crippen molar-refractivity contribution in [2.24, 2.45) is 0 Å². The van der Waals surface area contributed by atoms with Crippen LogP contribution in [0.25, 0.3) is 0 Å². The Balaban J connectivity index is 1.83. The van der Waals surface area contributed by atoms with Crippen LogP contribution in [-0.4, -0.2) is 31.3 Å². The molecule has 1 aliphatic rings. The molecule has 1 saturated heterocycles. The standard InChI is InChI=1S/C12H19N3O/c1-13-10-6-11(8-14-7-10)15-9-12-4-2-3-5-16-12/h6-8,12-13,15H,2-5,9H2,1H3. The first-order chi connectivity index (χ1) is 7.88. The molecule has 0 aromatic carbocycles. The van der Waals surface area contributed by atoms with Gasteiger partial charge in [-0.1, -0.05) is 0 Å². The van der Waals surface area contributed by atoms with Gasteiger partial charge in [0.15, 0.2) is 0 Å². The molecule has 16 heavy (non-hydrogen) atoms. The Morgan fingerprint density at radius 1 is 1.38 bits per heavy atom. The van der Waals surface area contributed by atoms with E-state index >= 15 is 0 Å². The van der Waals surface area contributed by atoms with Crippen molar-refractivity contribution in [2.75, 3.05) is 30.8 Å². The summed E-state index contributed by atoms with van der Waals surface area (Å²) >= 11 is 0. The fraction of sp³-hybridized carbons (Fsp3) is 0.583. The lowest BCUT2D eigenvalue weighted by Gasteiger charge is -2.23. The summed E-state index contributed by atoms with van der Waals surface area (Å²) < 4.78 is 5.66. The zero-order valence-electron chi connectivity index (χ0n) is 9.70. The van der Waals surface area contributed by atoms with Crippen LogP contribution >= 0.6 is 0 Å². The molecule has 1 fully saturated rings. The topological polar surface area (TPSA) is 46.2 Å². The number of anilines is 2. The molecular weight excluding hydrogens is 202 g/mol. The van der Waals surface area contributed by atoms with Crippen molar-refractivity contribution in [2.45, 2.75) is 25.4 Å². The SMILES string of the molecule is CNc1cncc(NCC2CCCCO2)c1. The van der Waals surface area contributed by atoms with Crippen LogP contribution in [0, 0.1) is 0 Å². The molecule has 0 radical (unpaired) electrons. The minimum Gasteiger partial charge on any atom is -0.387 e. The third-order valence-corrected chi connectivity index (χ3v) is 2.83. The molecule has 0 spiro atoms. The van der Waals surface area contributed by atoms with Crippen LogP contribution in [0.1, 0.15) is 19.3 Å². The normalized spacial score (nSPS) is 20.4. The van der Waals surface area contributed by atoms with Crippen LogP contribution in [0.15, 0.2) is 18.5 Å². The van der Waals surface area contributed by atoms with Gasteiger partial charge in [-0.2, -0.15) is 0 Å². The van der Waals surface area contributed by atoms with E-state index in [0.717, 1.165) is 30.9 Å². The Hall–Kier alpha value is -1.29. The molecular formula is C12H19N3O. The van der Waals surface area contributed by atoms with Crippen LogP contribution in [0.2, 0.25) is 0 Å². The lowest BCUT2D eigenvalue weighted by atomic mass is 10.1. The molecule has 0 aliphatic carbocycles. The van der Waals surface area contributed by atoms with Gasteiger partial charge in [-0.3, -0.25) is 4.98 Å². The second-order valence-corrected chi connectivity index (χ2v) is 4.08. The van der Waals surface area contributed by atoms with Gasteiger partial charge in [0.25, 0.3) is 0 Å². The average molecular weight is 221 g/mol. The van der Waals surface area contributed by atoms with Crippen LogP contribution in [0.5, 0.6) is 0 Å². The van der Waals surface area contributed by atoms with Gasteiger partial charge >= 0.3 is 0 Å². The van der Waals surface area contributed by atoms with Gasteiger partial charge < -0.3 is 15.4 Å². The fourth-order valence-corrected chi connectivity index (χ4v) is 1.87. The Kier molecular flexibility index (Phi) is 3.99. The highest BCUT2D eigenvalue weighted by atomic mass is 16.5. The van der Waals surface area contributed by atoms with Gasteiger partial charge in [0.05, 0.1) is 29.9 Å². The lowest BCUT2D eigenvalue weighted by Crippen LogP contribution is -2.27. The minimum absolute atomic E-state index is 0.354. The largest absolute Gasteiger partial charge is 0.387 e. The minimum atomic E-state index is 0.354. The highest BCUT2D eigenvalue weighted by Crippen LogP contribution is 2.15. The maximum Gasteiger partial charge on any atom is 0.0747 e. The summed E-state index contributed by atoms with van der Waals surface area (Å²) in [7, 11) is 1.89. The highest BCUT2D eigenvalue weighted by molar-refractivity contribution is 5.53. The molecule has 2 N–H and O–H groups in total. The van der Waals surface area contributed by atoms with E-state index in [4.69, 9.17) is 4.74 Å². The summed E-state index contributed by atoms with van der Waals surface area (Å²) in [5.41, 5.74) is 2.07. The lowest BCUT2D eigenvalue weighted by molar-refractivity contribution is 0.0247. The zero-order chi connectivity index (χ0) is 11.2. The number of hydrogen-bond donors (Lipinski definition) is 2. The van der Waals surface area contributed by atoms with Crippen molar-refractivity contribution in [3.05, 3.63) is 18.5 Å². The van der Waals surface area contributed by atoms with Crippen molar-refractivity contribution in [3.8, 4) is 0 Å². The molecule has 1 aromatic heterocycles. The molecule has 2 heterocycles. The maximum atomic E-state index is 5.66. The molecule has 1 unspecified atom stereocenters. The molecule has 1 aliphatic heterocycles. The van der Waals surface area contributed by atoms with Gasteiger partial charge in [-0.15, -0.1) is 0 Å². The number of pyridine rings is 1. The fourth-order valence-electron chi connectivity index (χ4n) is 1.87. The van der Waals surface area contributed by atoms with Crippen LogP contribution in [-0.2, 0) is 4.74 Å². The number of hydrogen-bond acceptors (Lipinski definition) is 4. The van der Waals surface area contributed by atoms with Gasteiger partial charge in [-0.05, 0) is 25.3 Å². The highest BCUT2D eigenvalue weighted by Gasteiger charge is 2.13. The zero-order valence-corrected chi connectivity index (χ0v) is 9.70. The molecule has 0 saturated carbocycles. The Morgan fingerprint density at radius 3 is 3.00 bits per heavy atom. The number of aromatic nitrogens is 1. The van der Waals surface area contributed by atoms with Gasteiger partial charge in [0.2, 0.25) is 0 Å². The van der Waals surface area contributed by atoms with E-state index < -0.39 is 0 Å². The molecule has 1 atom stereocenters. The van der Waals surface area contributed by atoms with Crippen molar-refractivity contribution >= 4 is 11.4 Å². The summed E-state index contributed by atoms with van der Waals surface area (Å²) in [5, 5.41) is 6.43. The van der Waals surface area contributed by atoms with Crippen LogP contribution < -0.4 is 10.6 Å². The second-order valence-electron chi connectivity index (χ2n) is 4.08. The predicted octanol–water partition coefficient (Wildman–Crippen LogP) is 2.10. The predicted molar refractivity (Wildman–Crippen MR) is 65.9 cm³/mol. The number of nitrogens with one attached hydrogen (secondary N) is 2. The smallest absolute Gasteiger partial charge is 0.0747 e. The maximum absolute atomic E-state index is 5.66. The molecule has 0 bridgehead atoms. The van der Waals surface area contributed by atoms with Gasteiger partial charge in [0.1, 0.15) is 0 Å². The first-order valence-electron chi connectivity index (χ1n) is 5.87. The molecule has 4 heteroatoms. The van der Waals surface area contributed by atoms with E-state index in [1.807, 2.05) is 19.4 Å². The molecule has 4 nitrogen and oxygen atoms in total. The summed E-state index contributed by atoms with van der Waals surface area (Å²) in [4.78, 5) is 4.15. The molecule has 1 aromatic rings. The average Bonchev–Trinajstić information content (AvgIpc) is 2.38. The first-order valence-corrected chi connectivity index (χ1v) is 5.87. The number of rotatable bonds is 4. The van der Waals surface area contributed by atoms with E-state index in [-0.39, 0.29) is 0 Å². The third kappa shape index (κ3) is 3.10. The number of nitrogens with zero attached hydrogens (tertiary/aromatic N) is 1. The van der Waals surface area contributed by atoms with Crippen molar-refractivity contribution in [1.29, 1.82) is 0 Å². The third-order valence-electron chi connectivity index (χ3n) is 2.83. The number of ether oxygens (including phenoxy) is 1. The Bertz CT molecular complexity index is 324. The molecule has 2 rings (SSSR count). The monoisotopic (exact) mass is 221 g/mol. The summed E-state index contributed by atoms with van der Waals surface area (Å²) in [6.07, 6.45) is 7.64. The summed E-state index contributed by atoms with van der Waals surface area (Å²) in [6, 6.07) is 2.05. The van der Waals surface area contributed by atoms with Gasteiger partial charge in [0, 0.05) is 20.2 Å². The van der Waals surface area contributed by atoms with Gasteiger partial charge in [-0.25, -0.2) is 0 Å². The van der Waals surface area contributed by atoms with E-state index in [2.05, 4.69) is 21.7 Å². The van der Waals surface area contributed by atoms with E-state index in [0.29, 0.717) is 6.10 Å². The Morgan fingerprint density at radius 2 is 2.25 bits per heavy atom. The quantitative estimate of drug-likeness (QED) is 0.817. The molecule has 88 valence electrons. The van der Waals surface area contributed by atoms with Crippen molar-refractivity contribution in [1.82, 2.24) is 4.98 Å². The summed E-state index contributed by atoms with van der Waals surface area (Å²) in [5.74, 6) is 0. The Labute approximate surface area is 96.4 Å². The van der Waals surface area contributed by atoms with Crippen molar-refractivity contribution in [3.63, 3.8) is 0 Å². The van der Waals surface area contributed by atoms with Crippen molar-refractivity contribution < 1.29 is 4.74 Å². The van der Waals surface area contributed by atoms with E-state index in [9.17, 15) is 0 Å². The van der Waals surface area contributed by atoms with E-state index in [1.165, 1.54) is 12.8 Å². The summed E-state index contributed by atoms with van der Waals surface area (Å²) in [6.45, 7) is 1.77. The van der Waals surface area contributed by atoms with Crippen LogP contribution in [0.3, 0.4) is 0 Å². The second kappa shape index (κ2) is 5.70. The molecule has 0 amide bonds. The van der Waals surface area contributed by atoms with Crippen LogP contribution in [0.4, 0.5) is 11.4 Å². The van der Waals surface area contributed by atoms with E-state index in [1.54, 1.807) is 0 Å².